The summed E-state index contributed by atoms with van der Waals surface area (Å²) in [5.41, 5.74) is 6.58. The number of hydrogen-bond donors (Lipinski definition) is 1. The molecule has 0 radical (unpaired) electrons. The van der Waals surface area contributed by atoms with Crippen LogP contribution < -0.4 is 5.32 Å². The highest BCUT2D eigenvalue weighted by Crippen LogP contribution is 2.26. The highest BCUT2D eigenvalue weighted by atomic mass is 16.5. The summed E-state index contributed by atoms with van der Waals surface area (Å²) in [6.07, 6.45) is 6.19. The number of carbonyl (C=O) groups is 1. The third kappa shape index (κ3) is 3.75. The third-order valence-corrected chi connectivity index (χ3v) is 5.27. The summed E-state index contributed by atoms with van der Waals surface area (Å²) >= 11 is 0. The number of carbonyl (C=O) groups excluding carboxylic acids is 1. The number of pyridine rings is 1. The SMILES string of the molecule is Cc1cc(-n2cc(CNCCc3ccc4c(c3C)COC4=O)cn2)ncc1C#N. The largest absolute Gasteiger partial charge is 0.457 e. The number of ether oxygens (including phenoxy) is 1. The molecule has 3 heterocycles. The third-order valence-electron chi connectivity index (χ3n) is 5.27. The first-order valence-electron chi connectivity index (χ1n) is 9.46. The first-order valence-corrected chi connectivity index (χ1v) is 9.46. The number of nitriles is 1. The van der Waals surface area contributed by atoms with E-state index in [2.05, 4.69) is 21.5 Å². The summed E-state index contributed by atoms with van der Waals surface area (Å²) in [7, 11) is 0. The fourth-order valence-electron chi connectivity index (χ4n) is 3.48. The average Bonchev–Trinajstić information content (AvgIpc) is 3.34. The van der Waals surface area contributed by atoms with Crippen LogP contribution in [0.1, 0.15) is 43.7 Å². The summed E-state index contributed by atoms with van der Waals surface area (Å²) in [5.74, 6) is 0.468. The van der Waals surface area contributed by atoms with Crippen molar-refractivity contribution in [3.05, 3.63) is 75.7 Å². The Balaban J connectivity index is 1.34. The van der Waals surface area contributed by atoms with Gasteiger partial charge in [-0.3, -0.25) is 0 Å². The molecule has 0 atom stereocenters. The predicted octanol–water partition coefficient (Wildman–Crippen LogP) is 2.76. The average molecular weight is 387 g/mol. The van der Waals surface area contributed by atoms with E-state index >= 15 is 0 Å². The van der Waals surface area contributed by atoms with Gasteiger partial charge in [0.25, 0.3) is 0 Å². The molecule has 1 aliphatic heterocycles. The second-order valence-electron chi connectivity index (χ2n) is 7.14. The number of esters is 1. The Morgan fingerprint density at radius 3 is 2.97 bits per heavy atom. The van der Waals surface area contributed by atoms with E-state index in [0.29, 0.717) is 30.1 Å². The van der Waals surface area contributed by atoms with Crippen LogP contribution in [-0.4, -0.2) is 27.3 Å². The molecule has 1 aromatic carbocycles. The highest BCUT2D eigenvalue weighted by Gasteiger charge is 2.23. The fourth-order valence-corrected chi connectivity index (χ4v) is 3.48. The van der Waals surface area contributed by atoms with E-state index in [1.54, 1.807) is 10.9 Å². The molecule has 0 amide bonds. The number of rotatable bonds is 6. The summed E-state index contributed by atoms with van der Waals surface area (Å²) in [4.78, 5) is 15.9. The van der Waals surface area contributed by atoms with Gasteiger partial charge in [0, 0.05) is 30.1 Å². The number of benzene rings is 1. The number of fused-ring (bicyclic) bond motifs is 1. The molecule has 0 unspecified atom stereocenters. The van der Waals surface area contributed by atoms with Crippen LogP contribution in [0.15, 0.2) is 36.8 Å². The van der Waals surface area contributed by atoms with Gasteiger partial charge in [-0.25, -0.2) is 14.5 Å². The topological polar surface area (TPSA) is 92.8 Å². The molecule has 0 spiro atoms. The Morgan fingerprint density at radius 2 is 2.17 bits per heavy atom. The molecule has 0 saturated heterocycles. The van der Waals surface area contributed by atoms with Crippen molar-refractivity contribution < 1.29 is 9.53 Å². The van der Waals surface area contributed by atoms with Gasteiger partial charge >= 0.3 is 5.97 Å². The molecule has 7 nitrogen and oxygen atoms in total. The van der Waals surface area contributed by atoms with Crippen molar-refractivity contribution in [1.82, 2.24) is 20.1 Å². The van der Waals surface area contributed by atoms with E-state index in [1.807, 2.05) is 44.4 Å². The Kier molecular flexibility index (Phi) is 5.10. The molecule has 1 N–H and O–H groups in total. The lowest BCUT2D eigenvalue weighted by atomic mass is 9.97. The van der Waals surface area contributed by atoms with E-state index in [1.165, 1.54) is 5.56 Å². The second kappa shape index (κ2) is 7.86. The van der Waals surface area contributed by atoms with Gasteiger partial charge in [-0.15, -0.1) is 0 Å². The second-order valence-corrected chi connectivity index (χ2v) is 7.14. The van der Waals surface area contributed by atoms with Crippen molar-refractivity contribution in [2.75, 3.05) is 6.54 Å². The molecule has 0 saturated carbocycles. The van der Waals surface area contributed by atoms with Gasteiger partial charge in [0.1, 0.15) is 12.7 Å². The zero-order valence-corrected chi connectivity index (χ0v) is 16.4. The molecule has 0 bridgehead atoms. The van der Waals surface area contributed by atoms with E-state index < -0.39 is 0 Å². The molecule has 1 aliphatic rings. The zero-order valence-electron chi connectivity index (χ0n) is 16.4. The number of cyclic esters (lactones) is 1. The number of aryl methyl sites for hydroxylation is 1. The lowest BCUT2D eigenvalue weighted by Crippen LogP contribution is -2.17. The zero-order chi connectivity index (χ0) is 20.4. The maximum atomic E-state index is 11.6. The molecule has 29 heavy (non-hydrogen) atoms. The fraction of sp³-hybridized carbons (Fsp3) is 0.273. The first-order chi connectivity index (χ1) is 14.1. The summed E-state index contributed by atoms with van der Waals surface area (Å²) in [6.45, 7) is 5.82. The molecule has 0 fully saturated rings. The molecular weight excluding hydrogens is 366 g/mol. The van der Waals surface area contributed by atoms with Crippen molar-refractivity contribution in [2.45, 2.75) is 33.4 Å². The quantitative estimate of drug-likeness (QED) is 0.516. The Hall–Kier alpha value is -3.50. The normalized spacial score (nSPS) is 12.5. The lowest BCUT2D eigenvalue weighted by Gasteiger charge is -2.09. The van der Waals surface area contributed by atoms with E-state index in [4.69, 9.17) is 10.00 Å². The lowest BCUT2D eigenvalue weighted by molar-refractivity contribution is 0.0535. The van der Waals surface area contributed by atoms with E-state index in [0.717, 1.165) is 35.2 Å². The van der Waals surface area contributed by atoms with Crippen molar-refractivity contribution in [2.24, 2.45) is 0 Å². The highest BCUT2D eigenvalue weighted by molar-refractivity contribution is 5.93. The van der Waals surface area contributed by atoms with Gasteiger partial charge in [0.2, 0.25) is 0 Å². The molecule has 2 aromatic heterocycles. The maximum absolute atomic E-state index is 11.6. The Bertz CT molecular complexity index is 1130. The van der Waals surface area contributed by atoms with Crippen LogP contribution in [0.4, 0.5) is 0 Å². The molecule has 146 valence electrons. The van der Waals surface area contributed by atoms with Crippen LogP contribution in [-0.2, 0) is 24.3 Å². The van der Waals surface area contributed by atoms with Crippen LogP contribution in [0.3, 0.4) is 0 Å². The minimum absolute atomic E-state index is 0.225. The molecular formula is C22H21N5O2. The number of nitrogens with zero attached hydrogens (tertiary/aromatic N) is 4. The smallest absolute Gasteiger partial charge is 0.338 e. The van der Waals surface area contributed by atoms with Gasteiger partial charge in [0.15, 0.2) is 5.82 Å². The number of aromatic nitrogens is 3. The van der Waals surface area contributed by atoms with Crippen LogP contribution in [0.2, 0.25) is 0 Å². The minimum atomic E-state index is -0.225. The summed E-state index contributed by atoms with van der Waals surface area (Å²) < 4.78 is 6.83. The van der Waals surface area contributed by atoms with E-state index in [-0.39, 0.29) is 5.97 Å². The van der Waals surface area contributed by atoms with Crippen LogP contribution in [0, 0.1) is 25.2 Å². The van der Waals surface area contributed by atoms with Crippen molar-refractivity contribution in [1.29, 1.82) is 5.26 Å². The van der Waals surface area contributed by atoms with Crippen LogP contribution in [0.25, 0.3) is 5.82 Å². The Morgan fingerprint density at radius 1 is 1.31 bits per heavy atom. The van der Waals surface area contributed by atoms with Crippen molar-refractivity contribution in [3.8, 4) is 11.9 Å². The molecule has 3 aromatic rings. The van der Waals surface area contributed by atoms with Crippen molar-refractivity contribution in [3.63, 3.8) is 0 Å². The monoisotopic (exact) mass is 387 g/mol. The van der Waals surface area contributed by atoms with Crippen LogP contribution in [0.5, 0.6) is 0 Å². The van der Waals surface area contributed by atoms with Gasteiger partial charge in [-0.1, -0.05) is 6.07 Å². The van der Waals surface area contributed by atoms with Gasteiger partial charge in [0.05, 0.1) is 17.3 Å². The maximum Gasteiger partial charge on any atom is 0.338 e. The summed E-state index contributed by atoms with van der Waals surface area (Å²) in [5, 5.41) is 16.8. The van der Waals surface area contributed by atoms with Gasteiger partial charge in [-0.2, -0.15) is 10.4 Å². The van der Waals surface area contributed by atoms with E-state index in [9.17, 15) is 4.79 Å². The van der Waals surface area contributed by atoms with Crippen LogP contribution >= 0.6 is 0 Å². The number of hydrogen-bond acceptors (Lipinski definition) is 6. The molecule has 7 heteroatoms. The van der Waals surface area contributed by atoms with Gasteiger partial charge in [-0.05, 0) is 55.6 Å². The Labute approximate surface area is 169 Å². The van der Waals surface area contributed by atoms with Gasteiger partial charge < -0.3 is 10.1 Å². The first kappa shape index (κ1) is 18.8. The number of nitrogens with one attached hydrogen (secondary N) is 1. The molecule has 4 rings (SSSR count). The predicted molar refractivity (Wildman–Crippen MR) is 107 cm³/mol. The van der Waals surface area contributed by atoms with Crippen molar-refractivity contribution >= 4 is 5.97 Å². The standard InChI is InChI=1S/C22H21N5O2/c1-14-7-21(25-11-18(14)8-23)27-12-16(10-26-27)9-24-6-5-17-3-4-19-20(15(17)2)13-29-22(19)28/h3-4,7,10-12,24H,5-6,9,13H2,1-2H3. The minimum Gasteiger partial charge on any atom is -0.457 e. The molecule has 0 aliphatic carbocycles. The summed E-state index contributed by atoms with van der Waals surface area (Å²) in [6, 6.07) is 7.85.